The molecular weight excluding hydrogens is 352 g/mol. The Labute approximate surface area is 153 Å². The van der Waals surface area contributed by atoms with Crippen molar-refractivity contribution in [3.8, 4) is 0 Å². The minimum Gasteiger partial charge on any atom is -0.351 e. The maximum Gasteiger partial charge on any atom is 0.230 e. The Hall–Kier alpha value is -2.38. The van der Waals surface area contributed by atoms with E-state index in [4.69, 9.17) is 0 Å². The zero-order valence-corrected chi connectivity index (χ0v) is 15.2. The summed E-state index contributed by atoms with van der Waals surface area (Å²) in [6.45, 7) is 2.48. The van der Waals surface area contributed by atoms with Gasteiger partial charge in [-0.3, -0.25) is 9.20 Å². The Morgan fingerprint density at radius 1 is 1.20 bits per heavy atom. The third kappa shape index (κ3) is 3.25. The molecule has 0 fully saturated rings. The largest absolute Gasteiger partial charge is 0.351 e. The van der Waals surface area contributed by atoms with Gasteiger partial charge in [-0.25, -0.2) is 0 Å². The molecule has 0 aliphatic carbocycles. The molecular formula is C18H16N4OS2. The van der Waals surface area contributed by atoms with Gasteiger partial charge in [-0.2, -0.15) is 0 Å². The maximum atomic E-state index is 12.1. The van der Waals surface area contributed by atoms with E-state index < -0.39 is 0 Å². The third-order valence-electron chi connectivity index (χ3n) is 3.92. The highest BCUT2D eigenvalue weighted by Gasteiger charge is 2.13. The number of hydrogen-bond acceptors (Lipinski definition) is 5. The van der Waals surface area contributed by atoms with Crippen molar-refractivity contribution in [1.82, 2.24) is 19.9 Å². The molecule has 0 spiro atoms. The van der Waals surface area contributed by atoms with Gasteiger partial charge >= 0.3 is 0 Å². The average molecular weight is 368 g/mol. The minimum atomic E-state index is -0.0113. The van der Waals surface area contributed by atoms with Crippen LogP contribution in [0.3, 0.4) is 0 Å². The van der Waals surface area contributed by atoms with Gasteiger partial charge in [-0.05, 0) is 30.0 Å². The Morgan fingerprint density at radius 3 is 2.88 bits per heavy atom. The molecule has 4 aromatic rings. The summed E-state index contributed by atoms with van der Waals surface area (Å²) in [6, 6.07) is 14.1. The number of carbonyl (C=O) groups excluding carboxylic acids is 1. The van der Waals surface area contributed by atoms with Crippen LogP contribution in [0.2, 0.25) is 0 Å². The number of amides is 1. The molecule has 4 rings (SSSR count). The Morgan fingerprint density at radius 2 is 2.04 bits per heavy atom. The van der Waals surface area contributed by atoms with Crippen LogP contribution in [0.4, 0.5) is 0 Å². The van der Waals surface area contributed by atoms with Crippen LogP contribution in [-0.4, -0.2) is 26.3 Å². The van der Waals surface area contributed by atoms with Crippen molar-refractivity contribution in [3.63, 3.8) is 0 Å². The monoisotopic (exact) mass is 368 g/mol. The number of hydrogen-bond donors (Lipinski definition) is 1. The molecule has 0 unspecified atom stereocenters. The van der Waals surface area contributed by atoms with Gasteiger partial charge in [-0.15, -0.1) is 21.5 Å². The van der Waals surface area contributed by atoms with Crippen LogP contribution < -0.4 is 5.32 Å². The van der Waals surface area contributed by atoms with E-state index in [1.54, 1.807) is 11.3 Å². The number of thiophene rings is 1. The van der Waals surface area contributed by atoms with Crippen molar-refractivity contribution >= 4 is 44.7 Å². The number of nitrogens with one attached hydrogen (secondary N) is 1. The number of thioether (sulfide) groups is 1. The number of aromatic nitrogens is 3. The second-order valence-electron chi connectivity index (χ2n) is 5.64. The quantitative estimate of drug-likeness (QED) is 0.546. The van der Waals surface area contributed by atoms with Crippen LogP contribution in [0.25, 0.3) is 15.7 Å². The lowest BCUT2D eigenvalue weighted by molar-refractivity contribution is -0.118. The first-order valence-corrected chi connectivity index (χ1v) is 9.74. The lowest BCUT2D eigenvalue weighted by Crippen LogP contribution is -2.24. The highest BCUT2D eigenvalue weighted by molar-refractivity contribution is 8.00. The lowest BCUT2D eigenvalue weighted by atomic mass is 10.2. The first kappa shape index (κ1) is 16.1. The van der Waals surface area contributed by atoms with E-state index >= 15 is 0 Å². The van der Waals surface area contributed by atoms with Crippen LogP contribution in [0.15, 0.2) is 52.9 Å². The van der Waals surface area contributed by atoms with Gasteiger partial charge < -0.3 is 5.32 Å². The number of aryl methyl sites for hydroxylation is 1. The first-order valence-electron chi connectivity index (χ1n) is 7.88. The fourth-order valence-corrected chi connectivity index (χ4v) is 4.30. The molecule has 0 saturated heterocycles. The highest BCUT2D eigenvalue weighted by Crippen LogP contribution is 2.30. The summed E-state index contributed by atoms with van der Waals surface area (Å²) in [5.41, 5.74) is 3.24. The summed E-state index contributed by atoms with van der Waals surface area (Å²) in [4.78, 5) is 12.1. The van der Waals surface area contributed by atoms with Gasteiger partial charge in [0.05, 0.1) is 21.5 Å². The fraction of sp³-hybridized carbons (Fsp3) is 0.167. The van der Waals surface area contributed by atoms with E-state index in [-0.39, 0.29) is 5.91 Å². The van der Waals surface area contributed by atoms with Gasteiger partial charge in [0.25, 0.3) is 0 Å². The summed E-state index contributed by atoms with van der Waals surface area (Å²) in [5, 5.41) is 14.3. The van der Waals surface area contributed by atoms with Crippen LogP contribution >= 0.6 is 23.1 Å². The topological polar surface area (TPSA) is 59.3 Å². The second-order valence-corrected chi connectivity index (χ2v) is 7.55. The Bertz CT molecular complexity index is 1040. The molecule has 0 radical (unpaired) electrons. The number of carbonyl (C=O) groups is 1. The number of benzene rings is 1. The Balaban J connectivity index is 1.47. The van der Waals surface area contributed by atoms with E-state index in [0.717, 1.165) is 27.4 Å². The molecule has 0 aliphatic rings. The van der Waals surface area contributed by atoms with Crippen molar-refractivity contribution in [2.45, 2.75) is 18.5 Å². The molecule has 1 amide bonds. The summed E-state index contributed by atoms with van der Waals surface area (Å²) in [5.74, 6) is 1.16. The summed E-state index contributed by atoms with van der Waals surface area (Å²) in [6.07, 6.45) is 0. The second kappa shape index (κ2) is 6.85. The summed E-state index contributed by atoms with van der Waals surface area (Å²) >= 11 is 3.11. The lowest BCUT2D eigenvalue weighted by Gasteiger charge is -2.07. The maximum absolute atomic E-state index is 12.1. The molecule has 25 heavy (non-hydrogen) atoms. The van der Waals surface area contributed by atoms with Gasteiger partial charge in [0.2, 0.25) is 5.91 Å². The molecule has 126 valence electrons. The van der Waals surface area contributed by atoms with Crippen molar-refractivity contribution in [2.75, 3.05) is 5.75 Å². The van der Waals surface area contributed by atoms with Crippen LogP contribution in [0.1, 0.15) is 11.4 Å². The van der Waals surface area contributed by atoms with Gasteiger partial charge in [0.15, 0.2) is 0 Å². The van der Waals surface area contributed by atoms with Crippen molar-refractivity contribution in [2.24, 2.45) is 0 Å². The standard InChI is InChI=1S/C18H16N4OS2/c1-12-20-21-18(15-9-16-14(22(12)15)7-8-24-16)25-11-17(23)19-10-13-5-3-2-4-6-13/h2-9H,10-11H2,1H3,(H,19,23). The van der Waals surface area contributed by atoms with E-state index in [2.05, 4.69) is 37.4 Å². The van der Waals surface area contributed by atoms with Crippen molar-refractivity contribution < 1.29 is 4.79 Å². The zero-order valence-electron chi connectivity index (χ0n) is 13.6. The minimum absolute atomic E-state index is 0.0113. The molecule has 3 heterocycles. The normalized spacial score (nSPS) is 11.2. The van der Waals surface area contributed by atoms with Gasteiger partial charge in [0.1, 0.15) is 10.9 Å². The molecule has 7 heteroatoms. The highest BCUT2D eigenvalue weighted by atomic mass is 32.2. The van der Waals surface area contributed by atoms with Crippen LogP contribution in [-0.2, 0) is 11.3 Å². The number of rotatable bonds is 5. The van der Waals surface area contributed by atoms with Crippen LogP contribution in [0, 0.1) is 6.92 Å². The zero-order chi connectivity index (χ0) is 17.2. The molecule has 1 aromatic carbocycles. The van der Waals surface area contributed by atoms with E-state index in [1.807, 2.05) is 37.3 Å². The predicted molar refractivity (Wildman–Crippen MR) is 102 cm³/mol. The van der Waals surface area contributed by atoms with E-state index in [0.29, 0.717) is 12.3 Å². The number of fused-ring (bicyclic) bond motifs is 3. The predicted octanol–water partition coefficient (Wildman–Crippen LogP) is 3.66. The smallest absolute Gasteiger partial charge is 0.230 e. The average Bonchev–Trinajstić information content (AvgIpc) is 3.21. The van der Waals surface area contributed by atoms with Crippen LogP contribution in [0.5, 0.6) is 0 Å². The van der Waals surface area contributed by atoms with Gasteiger partial charge in [0, 0.05) is 6.54 Å². The molecule has 3 aromatic heterocycles. The molecule has 0 saturated carbocycles. The SMILES string of the molecule is Cc1nnc(SCC(=O)NCc2ccccc2)c2cc3sccc3n12. The van der Waals surface area contributed by atoms with E-state index in [1.165, 1.54) is 16.5 Å². The molecule has 0 atom stereocenters. The first-order chi connectivity index (χ1) is 12.2. The number of nitrogens with zero attached hydrogens (tertiary/aromatic N) is 3. The Kier molecular flexibility index (Phi) is 4.42. The molecule has 5 nitrogen and oxygen atoms in total. The fourth-order valence-electron chi connectivity index (χ4n) is 2.73. The van der Waals surface area contributed by atoms with Crippen molar-refractivity contribution in [3.05, 3.63) is 59.2 Å². The molecule has 0 bridgehead atoms. The summed E-state index contributed by atoms with van der Waals surface area (Å²) < 4.78 is 3.30. The summed E-state index contributed by atoms with van der Waals surface area (Å²) in [7, 11) is 0. The van der Waals surface area contributed by atoms with Gasteiger partial charge in [-0.1, -0.05) is 42.1 Å². The molecule has 0 aliphatic heterocycles. The molecule has 1 N–H and O–H groups in total. The third-order valence-corrected chi connectivity index (χ3v) is 5.75. The van der Waals surface area contributed by atoms with Crippen molar-refractivity contribution in [1.29, 1.82) is 0 Å². The van der Waals surface area contributed by atoms with E-state index in [9.17, 15) is 4.79 Å².